The summed E-state index contributed by atoms with van der Waals surface area (Å²) in [5, 5.41) is 9.27. The molecule has 23 heavy (non-hydrogen) atoms. The van der Waals surface area contributed by atoms with Crippen molar-refractivity contribution in [2.45, 2.75) is 72.2 Å². The summed E-state index contributed by atoms with van der Waals surface area (Å²) in [6.45, 7) is 15.0. The molecule has 1 N–H and O–H groups in total. The average Bonchev–Trinajstić information content (AvgIpc) is 2.47. The van der Waals surface area contributed by atoms with Crippen LogP contribution in [-0.4, -0.2) is 48.0 Å². The van der Waals surface area contributed by atoms with Gasteiger partial charge in [0, 0.05) is 17.6 Å². The zero-order valence-electron chi connectivity index (χ0n) is 16.2. The molecule has 0 aromatic heterocycles. The van der Waals surface area contributed by atoms with Crippen molar-refractivity contribution in [3.8, 4) is 0 Å². The monoisotopic (exact) mass is 348 g/mol. The standard InChI is InChI=1S/C18H36O4S/c1-9-16(3,4)18(7,15(20)22-10-2)13-17(5,6)23-12-14(11-19)21-8/h14,19H,9-13H2,1-8H3. The van der Waals surface area contributed by atoms with Gasteiger partial charge in [-0.15, -0.1) is 0 Å². The van der Waals surface area contributed by atoms with E-state index in [1.54, 1.807) is 18.9 Å². The molecule has 2 atom stereocenters. The van der Waals surface area contributed by atoms with E-state index in [0.29, 0.717) is 18.8 Å². The predicted octanol–water partition coefficient (Wildman–Crippen LogP) is 3.90. The Morgan fingerprint density at radius 1 is 1.17 bits per heavy atom. The van der Waals surface area contributed by atoms with Crippen LogP contribution < -0.4 is 0 Å². The SMILES string of the molecule is CCOC(=O)C(C)(CC(C)(C)SCC(CO)OC)C(C)(C)CC. The minimum Gasteiger partial charge on any atom is -0.466 e. The lowest BCUT2D eigenvalue weighted by atomic mass is 9.61. The van der Waals surface area contributed by atoms with E-state index in [-0.39, 0.29) is 28.8 Å². The lowest BCUT2D eigenvalue weighted by molar-refractivity contribution is -0.163. The molecule has 0 saturated carbocycles. The van der Waals surface area contributed by atoms with Crippen molar-refractivity contribution in [2.75, 3.05) is 26.1 Å². The van der Waals surface area contributed by atoms with Crippen LogP contribution in [0.5, 0.6) is 0 Å². The van der Waals surface area contributed by atoms with Gasteiger partial charge in [0.05, 0.1) is 24.7 Å². The second-order valence-corrected chi connectivity index (χ2v) is 9.30. The Morgan fingerprint density at radius 3 is 2.13 bits per heavy atom. The van der Waals surface area contributed by atoms with Crippen LogP contribution in [0.25, 0.3) is 0 Å². The number of rotatable bonds is 11. The summed E-state index contributed by atoms with van der Waals surface area (Å²) in [4.78, 5) is 12.7. The van der Waals surface area contributed by atoms with Crippen LogP contribution >= 0.6 is 11.8 Å². The first-order valence-electron chi connectivity index (χ1n) is 8.44. The number of esters is 1. The number of ether oxygens (including phenoxy) is 2. The Bertz CT molecular complexity index is 364. The van der Waals surface area contributed by atoms with Crippen molar-refractivity contribution in [3.05, 3.63) is 0 Å². The van der Waals surface area contributed by atoms with E-state index in [1.165, 1.54) is 0 Å². The van der Waals surface area contributed by atoms with E-state index in [0.717, 1.165) is 6.42 Å². The maximum atomic E-state index is 12.7. The van der Waals surface area contributed by atoms with Crippen LogP contribution in [0.4, 0.5) is 0 Å². The zero-order valence-corrected chi connectivity index (χ0v) is 17.0. The molecule has 0 spiro atoms. The molecule has 0 fully saturated rings. The number of aliphatic hydroxyl groups excluding tert-OH is 1. The minimum atomic E-state index is -0.559. The number of carbonyl (C=O) groups is 1. The van der Waals surface area contributed by atoms with E-state index in [9.17, 15) is 9.90 Å². The Morgan fingerprint density at radius 2 is 1.74 bits per heavy atom. The maximum Gasteiger partial charge on any atom is 0.312 e. The van der Waals surface area contributed by atoms with Gasteiger partial charge >= 0.3 is 5.97 Å². The number of carbonyl (C=O) groups excluding carboxylic acids is 1. The molecular weight excluding hydrogens is 312 g/mol. The van der Waals surface area contributed by atoms with Crippen molar-refractivity contribution in [1.82, 2.24) is 0 Å². The minimum absolute atomic E-state index is 0.00910. The van der Waals surface area contributed by atoms with Crippen LogP contribution in [0.2, 0.25) is 0 Å². The zero-order chi connectivity index (χ0) is 18.3. The summed E-state index contributed by atoms with van der Waals surface area (Å²) in [6, 6.07) is 0. The highest BCUT2D eigenvalue weighted by Gasteiger charge is 2.50. The Balaban J connectivity index is 5.25. The van der Waals surface area contributed by atoms with Crippen molar-refractivity contribution >= 4 is 17.7 Å². The molecular formula is C18H36O4S. The fourth-order valence-corrected chi connectivity index (χ4v) is 3.95. The van der Waals surface area contributed by atoms with E-state index in [2.05, 4.69) is 34.6 Å². The van der Waals surface area contributed by atoms with E-state index in [1.807, 2.05) is 13.8 Å². The van der Waals surface area contributed by atoms with E-state index < -0.39 is 5.41 Å². The third-order valence-electron chi connectivity index (χ3n) is 5.08. The normalized spacial score (nSPS) is 16.7. The van der Waals surface area contributed by atoms with Gasteiger partial charge in [0.15, 0.2) is 0 Å². The van der Waals surface area contributed by atoms with Crippen LogP contribution in [0.1, 0.15) is 61.3 Å². The Hall–Kier alpha value is -0.260. The second kappa shape index (κ2) is 9.28. The number of hydrogen-bond donors (Lipinski definition) is 1. The van der Waals surface area contributed by atoms with Gasteiger partial charge in [-0.25, -0.2) is 0 Å². The fraction of sp³-hybridized carbons (Fsp3) is 0.944. The van der Waals surface area contributed by atoms with Crippen molar-refractivity contribution < 1.29 is 19.4 Å². The number of aliphatic hydroxyl groups is 1. The molecule has 0 bridgehead atoms. The Labute approximate surface area is 146 Å². The molecule has 2 unspecified atom stereocenters. The molecule has 0 aromatic rings. The number of methoxy groups -OCH3 is 1. The van der Waals surface area contributed by atoms with Crippen LogP contribution in [0.15, 0.2) is 0 Å². The van der Waals surface area contributed by atoms with Gasteiger partial charge in [-0.1, -0.05) is 34.6 Å². The van der Waals surface area contributed by atoms with Crippen LogP contribution in [-0.2, 0) is 14.3 Å². The molecule has 0 amide bonds. The molecule has 0 aromatic carbocycles. The third kappa shape index (κ3) is 6.28. The first-order chi connectivity index (χ1) is 10.5. The molecule has 0 aliphatic rings. The lowest BCUT2D eigenvalue weighted by Gasteiger charge is -2.45. The molecule has 0 aliphatic heterocycles. The van der Waals surface area contributed by atoms with Crippen LogP contribution in [0, 0.1) is 10.8 Å². The van der Waals surface area contributed by atoms with Crippen molar-refractivity contribution in [1.29, 1.82) is 0 Å². The summed E-state index contributed by atoms with van der Waals surface area (Å²) in [6.07, 6.45) is 1.44. The molecule has 0 radical (unpaired) electrons. The van der Waals surface area contributed by atoms with Crippen molar-refractivity contribution in [2.24, 2.45) is 10.8 Å². The molecule has 0 saturated heterocycles. The topological polar surface area (TPSA) is 55.8 Å². The van der Waals surface area contributed by atoms with E-state index in [4.69, 9.17) is 9.47 Å². The average molecular weight is 349 g/mol. The smallest absolute Gasteiger partial charge is 0.312 e. The quantitative estimate of drug-likeness (QED) is 0.574. The molecule has 0 heterocycles. The molecule has 0 rings (SSSR count). The van der Waals surface area contributed by atoms with Gasteiger partial charge in [-0.05, 0) is 32.1 Å². The number of thioether (sulfide) groups is 1. The predicted molar refractivity (Wildman–Crippen MR) is 97.8 cm³/mol. The summed E-state index contributed by atoms with van der Waals surface area (Å²) >= 11 is 1.73. The van der Waals surface area contributed by atoms with E-state index >= 15 is 0 Å². The van der Waals surface area contributed by atoms with Gasteiger partial charge in [0.25, 0.3) is 0 Å². The first-order valence-corrected chi connectivity index (χ1v) is 9.43. The highest BCUT2D eigenvalue weighted by molar-refractivity contribution is 8.00. The summed E-state index contributed by atoms with van der Waals surface area (Å²) in [7, 11) is 1.61. The summed E-state index contributed by atoms with van der Waals surface area (Å²) < 4.78 is 10.5. The highest BCUT2D eigenvalue weighted by atomic mass is 32.2. The first kappa shape index (κ1) is 22.7. The Kier molecular flexibility index (Phi) is 9.18. The van der Waals surface area contributed by atoms with Gasteiger partial charge in [-0.2, -0.15) is 11.8 Å². The second-order valence-electron chi connectivity index (χ2n) is 7.58. The van der Waals surface area contributed by atoms with Crippen molar-refractivity contribution in [3.63, 3.8) is 0 Å². The van der Waals surface area contributed by atoms with Gasteiger partial charge in [0.2, 0.25) is 0 Å². The van der Waals surface area contributed by atoms with Gasteiger partial charge < -0.3 is 14.6 Å². The molecule has 5 heteroatoms. The van der Waals surface area contributed by atoms with Gasteiger partial charge in [0.1, 0.15) is 0 Å². The molecule has 4 nitrogen and oxygen atoms in total. The largest absolute Gasteiger partial charge is 0.466 e. The van der Waals surface area contributed by atoms with Crippen LogP contribution in [0.3, 0.4) is 0 Å². The molecule has 138 valence electrons. The highest BCUT2D eigenvalue weighted by Crippen LogP contribution is 2.50. The fourth-order valence-electron chi connectivity index (χ4n) is 2.68. The lowest BCUT2D eigenvalue weighted by Crippen LogP contribution is -2.47. The summed E-state index contributed by atoms with van der Waals surface area (Å²) in [5.74, 6) is 0.580. The molecule has 0 aliphatic carbocycles. The third-order valence-corrected chi connectivity index (χ3v) is 6.54. The summed E-state index contributed by atoms with van der Waals surface area (Å²) in [5.41, 5.74) is -0.717. The van der Waals surface area contributed by atoms with Gasteiger partial charge in [-0.3, -0.25) is 4.79 Å². The maximum absolute atomic E-state index is 12.7. The number of hydrogen-bond acceptors (Lipinski definition) is 5.